The smallest absolute Gasteiger partial charge is 0.162 e. The van der Waals surface area contributed by atoms with Crippen LogP contribution in [0.15, 0.2) is 54.5 Å². The predicted molar refractivity (Wildman–Crippen MR) is 87.8 cm³/mol. The van der Waals surface area contributed by atoms with Crippen LogP contribution >= 0.6 is 12.4 Å². The number of nitrogens with one attached hydrogen (secondary N) is 1. The first-order valence-corrected chi connectivity index (χ1v) is 6.84. The summed E-state index contributed by atoms with van der Waals surface area (Å²) in [6.45, 7) is 1.77. The Hall–Kier alpha value is -1.75. The summed E-state index contributed by atoms with van der Waals surface area (Å²) in [6, 6.07) is 7.39. The van der Waals surface area contributed by atoms with Crippen molar-refractivity contribution in [1.29, 1.82) is 0 Å². The summed E-state index contributed by atoms with van der Waals surface area (Å²) in [6.07, 6.45) is -0.978. The normalized spacial score (nSPS) is 21.5. The third kappa shape index (κ3) is 3.91. The standard InChI is InChI=1S/C17H19NO3.ClH/c19-14-8-4-5-9-15(14)21-17(13-6-2-1-3-7-13)16-12-18-10-11-20-16;/h1-9,16-19H,10-12H2;1H/t16-,17-;/m1./s1/i4D,5D,8D,9D;. The van der Waals surface area contributed by atoms with E-state index < -0.39 is 36.0 Å². The molecule has 1 aliphatic heterocycles. The molecule has 0 unspecified atom stereocenters. The molecule has 2 N–H and O–H groups in total. The zero-order valence-electron chi connectivity index (χ0n) is 15.8. The summed E-state index contributed by atoms with van der Waals surface area (Å²) in [5, 5.41) is 13.4. The van der Waals surface area contributed by atoms with Gasteiger partial charge in [0.2, 0.25) is 0 Å². The van der Waals surface area contributed by atoms with E-state index in [1.165, 1.54) is 0 Å². The Bertz CT molecular complexity index is 728. The Morgan fingerprint density at radius 1 is 1.27 bits per heavy atom. The quantitative estimate of drug-likeness (QED) is 0.907. The number of phenols is 1. The van der Waals surface area contributed by atoms with Gasteiger partial charge in [-0.1, -0.05) is 42.4 Å². The Morgan fingerprint density at radius 2 is 2.05 bits per heavy atom. The van der Waals surface area contributed by atoms with Crippen LogP contribution in [0, 0.1) is 0 Å². The van der Waals surface area contributed by atoms with Crippen molar-refractivity contribution >= 4 is 12.4 Å². The highest BCUT2D eigenvalue weighted by Gasteiger charge is 2.28. The molecule has 22 heavy (non-hydrogen) atoms. The molecule has 5 heteroatoms. The average Bonchev–Trinajstić information content (AvgIpc) is 2.66. The maximum atomic E-state index is 10.2. The van der Waals surface area contributed by atoms with E-state index in [0.29, 0.717) is 13.2 Å². The largest absolute Gasteiger partial charge is 0.504 e. The van der Waals surface area contributed by atoms with Crippen molar-refractivity contribution in [3.63, 3.8) is 0 Å². The van der Waals surface area contributed by atoms with Gasteiger partial charge >= 0.3 is 0 Å². The van der Waals surface area contributed by atoms with Gasteiger partial charge in [-0.25, -0.2) is 0 Å². The Balaban J connectivity index is 0.00000243. The fourth-order valence-corrected chi connectivity index (χ4v) is 2.29. The number of halogens is 1. The molecule has 4 nitrogen and oxygen atoms in total. The number of benzene rings is 2. The van der Waals surface area contributed by atoms with Gasteiger partial charge in [0.1, 0.15) is 6.10 Å². The van der Waals surface area contributed by atoms with Gasteiger partial charge < -0.3 is 19.9 Å². The number of phenolic OH excluding ortho intramolecular Hbond substituents is 1. The molecular weight excluding hydrogens is 302 g/mol. The van der Waals surface area contributed by atoms with Crippen LogP contribution in [0.2, 0.25) is 0 Å². The van der Waals surface area contributed by atoms with Crippen molar-refractivity contribution in [3.05, 3.63) is 60.1 Å². The molecule has 1 fully saturated rings. The van der Waals surface area contributed by atoms with E-state index in [-0.39, 0.29) is 24.3 Å². The Kier molecular flexibility index (Phi) is 4.30. The second-order valence-corrected chi connectivity index (χ2v) is 4.74. The second-order valence-electron chi connectivity index (χ2n) is 4.74. The molecule has 3 rings (SSSR count). The molecule has 1 heterocycles. The molecule has 0 amide bonds. The SMILES string of the molecule is Cl.[2H]c1c([2H])c([2H])c(O[C@H](c2ccccc2)[C@H]2CNCCO2)c(O)c1[2H]. The summed E-state index contributed by atoms with van der Waals surface area (Å²) < 4.78 is 42.8. The van der Waals surface area contributed by atoms with E-state index in [1.807, 2.05) is 30.3 Å². The number of para-hydroxylation sites is 2. The van der Waals surface area contributed by atoms with Gasteiger partial charge in [0, 0.05) is 13.1 Å². The highest BCUT2D eigenvalue weighted by molar-refractivity contribution is 5.85. The van der Waals surface area contributed by atoms with Crippen LogP contribution in [-0.4, -0.2) is 30.9 Å². The van der Waals surface area contributed by atoms with Gasteiger partial charge in [-0.05, 0) is 17.6 Å². The topological polar surface area (TPSA) is 50.7 Å². The average molecular weight is 326 g/mol. The molecular formula is C17H20ClNO3. The number of hydrogen-bond acceptors (Lipinski definition) is 4. The first kappa shape index (κ1) is 11.8. The van der Waals surface area contributed by atoms with E-state index in [0.717, 1.165) is 12.1 Å². The van der Waals surface area contributed by atoms with Gasteiger partial charge in [0.25, 0.3) is 0 Å². The van der Waals surface area contributed by atoms with Crippen LogP contribution in [0.5, 0.6) is 11.5 Å². The van der Waals surface area contributed by atoms with Gasteiger partial charge in [0.15, 0.2) is 17.6 Å². The molecule has 1 aliphatic rings. The summed E-state index contributed by atoms with van der Waals surface area (Å²) in [7, 11) is 0. The fourth-order valence-electron chi connectivity index (χ4n) is 2.29. The minimum atomic E-state index is -0.626. The van der Waals surface area contributed by atoms with Gasteiger partial charge in [-0.15, -0.1) is 12.4 Å². The number of morpholine rings is 1. The van der Waals surface area contributed by atoms with E-state index in [9.17, 15) is 5.11 Å². The highest BCUT2D eigenvalue weighted by Crippen LogP contribution is 2.32. The minimum Gasteiger partial charge on any atom is -0.504 e. The molecule has 0 radical (unpaired) electrons. The van der Waals surface area contributed by atoms with Gasteiger partial charge in [0.05, 0.1) is 12.1 Å². The van der Waals surface area contributed by atoms with E-state index in [2.05, 4.69) is 5.32 Å². The van der Waals surface area contributed by atoms with Crippen molar-refractivity contribution in [2.75, 3.05) is 19.7 Å². The van der Waals surface area contributed by atoms with Gasteiger partial charge in [-0.3, -0.25) is 0 Å². The van der Waals surface area contributed by atoms with Crippen LogP contribution in [0.25, 0.3) is 0 Å². The molecule has 0 aliphatic carbocycles. The zero-order chi connectivity index (χ0) is 18.0. The Labute approximate surface area is 142 Å². The first-order valence-electron chi connectivity index (χ1n) is 8.84. The van der Waals surface area contributed by atoms with Crippen LogP contribution < -0.4 is 10.1 Å². The fraction of sp³-hybridized carbons (Fsp3) is 0.294. The molecule has 118 valence electrons. The third-order valence-corrected chi connectivity index (χ3v) is 3.30. The second kappa shape index (κ2) is 8.03. The zero-order valence-corrected chi connectivity index (χ0v) is 12.7. The molecule has 2 aromatic carbocycles. The predicted octanol–water partition coefficient (Wildman–Crippen LogP) is 2.92. The van der Waals surface area contributed by atoms with Crippen molar-refractivity contribution in [3.8, 4) is 11.5 Å². The lowest BCUT2D eigenvalue weighted by atomic mass is 10.0. The van der Waals surface area contributed by atoms with E-state index >= 15 is 0 Å². The molecule has 0 saturated carbocycles. The van der Waals surface area contributed by atoms with Crippen molar-refractivity contribution in [2.45, 2.75) is 12.2 Å². The summed E-state index contributed by atoms with van der Waals surface area (Å²) >= 11 is 0. The van der Waals surface area contributed by atoms with Crippen LogP contribution in [0.4, 0.5) is 0 Å². The van der Waals surface area contributed by atoms with Crippen LogP contribution in [0.1, 0.15) is 17.2 Å². The molecule has 2 aromatic rings. The minimum absolute atomic E-state index is 0. The van der Waals surface area contributed by atoms with Gasteiger partial charge in [-0.2, -0.15) is 0 Å². The summed E-state index contributed by atoms with van der Waals surface area (Å²) in [5.41, 5.74) is 0.794. The molecule has 0 aromatic heterocycles. The maximum Gasteiger partial charge on any atom is 0.162 e. The molecule has 0 bridgehead atoms. The number of rotatable bonds is 4. The first-order chi connectivity index (χ1) is 12.0. The lowest BCUT2D eigenvalue weighted by Gasteiger charge is -2.31. The third-order valence-electron chi connectivity index (χ3n) is 3.30. The Morgan fingerprint density at radius 3 is 2.77 bits per heavy atom. The lowest BCUT2D eigenvalue weighted by molar-refractivity contribution is -0.0438. The summed E-state index contributed by atoms with van der Waals surface area (Å²) in [4.78, 5) is 0. The van der Waals surface area contributed by atoms with Crippen LogP contribution in [0.3, 0.4) is 0 Å². The van der Waals surface area contributed by atoms with Crippen molar-refractivity contribution < 1.29 is 20.1 Å². The van der Waals surface area contributed by atoms with Crippen molar-refractivity contribution in [1.82, 2.24) is 5.32 Å². The highest BCUT2D eigenvalue weighted by atomic mass is 35.5. The molecule has 1 saturated heterocycles. The van der Waals surface area contributed by atoms with Crippen molar-refractivity contribution in [2.24, 2.45) is 0 Å². The maximum absolute atomic E-state index is 10.2. The molecule has 0 spiro atoms. The number of aromatic hydroxyl groups is 1. The number of ether oxygens (including phenoxy) is 2. The lowest BCUT2D eigenvalue weighted by Crippen LogP contribution is -2.43. The van der Waals surface area contributed by atoms with Crippen LogP contribution in [-0.2, 0) is 4.74 Å². The van der Waals surface area contributed by atoms with E-state index in [1.54, 1.807) is 0 Å². The molecule has 2 atom stereocenters. The van der Waals surface area contributed by atoms with E-state index in [4.69, 9.17) is 15.0 Å². The monoisotopic (exact) mass is 325 g/mol. The summed E-state index contributed by atoms with van der Waals surface area (Å²) in [5.74, 6) is -0.871. The number of hydrogen-bond donors (Lipinski definition) is 2.